The number of ether oxygens (including phenoxy) is 2. The molecular formula is C20H35N3O5. The Bertz CT molecular complexity index is 585. The quantitative estimate of drug-likeness (QED) is 0.441. The van der Waals surface area contributed by atoms with E-state index in [1.807, 2.05) is 14.1 Å². The topological polar surface area (TPSA) is 111 Å². The van der Waals surface area contributed by atoms with Crippen LogP contribution in [0.2, 0.25) is 0 Å². The summed E-state index contributed by atoms with van der Waals surface area (Å²) in [7, 11) is 3.95. The van der Waals surface area contributed by atoms with Crippen LogP contribution in [-0.4, -0.2) is 63.0 Å². The fraction of sp³-hybridized carbons (Fsp3) is 0.850. The Morgan fingerprint density at radius 1 is 1.25 bits per heavy atom. The predicted octanol–water partition coefficient (Wildman–Crippen LogP) is 1.40. The molecule has 0 aromatic rings. The number of likely N-dealkylation sites (N-methyl/N-ethyl adjacent to an activating group) is 1. The third kappa shape index (κ3) is 9.27. The van der Waals surface area contributed by atoms with Crippen LogP contribution in [0.1, 0.15) is 52.9 Å². The normalized spacial score (nSPS) is 24.1. The number of nitrogens with zero attached hydrogens (tertiary/aromatic N) is 2. The summed E-state index contributed by atoms with van der Waals surface area (Å²) in [5, 5.41) is 22.2. The van der Waals surface area contributed by atoms with Gasteiger partial charge in [0, 0.05) is 23.8 Å². The summed E-state index contributed by atoms with van der Waals surface area (Å²) >= 11 is 0. The number of rotatable bonds is 10. The van der Waals surface area contributed by atoms with Gasteiger partial charge < -0.3 is 29.2 Å². The van der Waals surface area contributed by atoms with Crippen LogP contribution >= 0.6 is 0 Å². The number of carboxylic acids is 1. The number of hydrogen-bond acceptors (Lipinski definition) is 6. The van der Waals surface area contributed by atoms with Gasteiger partial charge in [0.1, 0.15) is 19.8 Å². The molecule has 0 aromatic heterocycles. The van der Waals surface area contributed by atoms with Gasteiger partial charge in [-0.25, -0.2) is 4.79 Å². The van der Waals surface area contributed by atoms with E-state index in [1.165, 1.54) is 0 Å². The Balaban J connectivity index is 2.45. The molecule has 0 radical (unpaired) electrons. The van der Waals surface area contributed by atoms with E-state index in [9.17, 15) is 14.7 Å². The number of quaternary nitrogens is 1. The van der Waals surface area contributed by atoms with Crippen molar-refractivity contribution >= 4 is 12.1 Å². The fourth-order valence-electron chi connectivity index (χ4n) is 4.41. The van der Waals surface area contributed by atoms with E-state index in [0.717, 1.165) is 19.3 Å². The van der Waals surface area contributed by atoms with Crippen molar-refractivity contribution in [1.29, 1.82) is 5.26 Å². The molecule has 1 aliphatic carbocycles. The van der Waals surface area contributed by atoms with Crippen LogP contribution in [0, 0.1) is 22.3 Å². The number of nitriles is 1. The third-order valence-corrected chi connectivity index (χ3v) is 5.32. The highest BCUT2D eigenvalue weighted by molar-refractivity contribution is 5.67. The molecule has 0 spiro atoms. The molecule has 1 fully saturated rings. The molecule has 160 valence electrons. The lowest BCUT2D eigenvalue weighted by Gasteiger charge is -2.45. The Morgan fingerprint density at radius 3 is 2.54 bits per heavy atom. The zero-order chi connectivity index (χ0) is 21.4. The maximum absolute atomic E-state index is 12.2. The maximum atomic E-state index is 12.2. The van der Waals surface area contributed by atoms with Gasteiger partial charge in [-0.15, -0.1) is 0 Å². The Labute approximate surface area is 168 Å². The van der Waals surface area contributed by atoms with Crippen LogP contribution in [0.5, 0.6) is 0 Å². The molecule has 8 nitrogen and oxygen atoms in total. The molecule has 1 aliphatic rings. The minimum absolute atomic E-state index is 0.0294. The monoisotopic (exact) mass is 397 g/mol. The zero-order valence-corrected chi connectivity index (χ0v) is 17.9. The molecule has 2 atom stereocenters. The first-order valence-corrected chi connectivity index (χ1v) is 9.82. The van der Waals surface area contributed by atoms with Crippen molar-refractivity contribution in [2.45, 2.75) is 58.9 Å². The Kier molecular flexibility index (Phi) is 8.55. The molecule has 0 heterocycles. The first-order valence-electron chi connectivity index (χ1n) is 9.82. The SMILES string of the molecule is CC1(C)CC(NC(=O)OCC[N+](C)(C)CCCC(=O)[O-])CC(C)(COC#N)C1. The van der Waals surface area contributed by atoms with Crippen molar-refractivity contribution in [2.75, 3.05) is 40.4 Å². The second-order valence-electron chi connectivity index (χ2n) is 9.78. The highest BCUT2D eigenvalue weighted by atomic mass is 16.5. The van der Waals surface area contributed by atoms with Gasteiger partial charge in [-0.3, -0.25) is 0 Å². The van der Waals surface area contributed by atoms with Crippen molar-refractivity contribution < 1.29 is 28.7 Å². The molecule has 0 aliphatic heterocycles. The van der Waals surface area contributed by atoms with Crippen molar-refractivity contribution in [2.24, 2.45) is 10.8 Å². The highest BCUT2D eigenvalue weighted by Gasteiger charge is 2.42. The summed E-state index contributed by atoms with van der Waals surface area (Å²) in [6, 6.07) is -0.0332. The van der Waals surface area contributed by atoms with Crippen LogP contribution in [0.3, 0.4) is 0 Å². The summed E-state index contributed by atoms with van der Waals surface area (Å²) in [5.74, 6) is -1.04. The molecule has 0 bridgehead atoms. The zero-order valence-electron chi connectivity index (χ0n) is 17.9. The van der Waals surface area contributed by atoms with Gasteiger partial charge in [-0.2, -0.15) is 5.26 Å². The van der Waals surface area contributed by atoms with Gasteiger partial charge in [-0.05, 0) is 31.1 Å². The van der Waals surface area contributed by atoms with E-state index in [0.29, 0.717) is 30.6 Å². The average Bonchev–Trinajstić information content (AvgIpc) is 2.50. The van der Waals surface area contributed by atoms with Gasteiger partial charge in [0.15, 0.2) is 0 Å². The van der Waals surface area contributed by atoms with E-state index in [4.69, 9.17) is 14.7 Å². The first kappa shape index (κ1) is 24.0. The number of carbonyl (C=O) groups is 2. The van der Waals surface area contributed by atoms with Crippen molar-refractivity contribution in [3.05, 3.63) is 0 Å². The van der Waals surface area contributed by atoms with Crippen molar-refractivity contribution in [3.63, 3.8) is 0 Å². The van der Waals surface area contributed by atoms with Gasteiger partial charge in [0.25, 0.3) is 6.26 Å². The van der Waals surface area contributed by atoms with Crippen LogP contribution in [0.25, 0.3) is 0 Å². The molecule has 1 N–H and O–H groups in total. The molecule has 8 heteroatoms. The standard InChI is InChI=1S/C20H35N3O5/c1-19(2)11-16(12-20(3,13-19)14-27-15-21)22-18(26)28-10-9-23(4,5)8-6-7-17(24)25/h16H,6-14H2,1-5H3,(H-,22,24,25,26). The smallest absolute Gasteiger partial charge is 0.407 e. The van der Waals surface area contributed by atoms with Gasteiger partial charge in [0.05, 0.1) is 20.6 Å². The number of amides is 1. The third-order valence-electron chi connectivity index (χ3n) is 5.32. The number of alkyl carbamates (subject to hydrolysis) is 1. The molecule has 1 saturated carbocycles. The van der Waals surface area contributed by atoms with E-state index in [2.05, 4.69) is 26.1 Å². The molecule has 2 unspecified atom stereocenters. The lowest BCUT2D eigenvalue weighted by atomic mass is 9.63. The van der Waals surface area contributed by atoms with Crippen LogP contribution in [-0.2, 0) is 14.3 Å². The van der Waals surface area contributed by atoms with Gasteiger partial charge >= 0.3 is 6.09 Å². The molecule has 0 aromatic carbocycles. The summed E-state index contributed by atoms with van der Waals surface area (Å²) in [4.78, 5) is 22.7. The predicted molar refractivity (Wildman–Crippen MR) is 102 cm³/mol. The Morgan fingerprint density at radius 2 is 1.93 bits per heavy atom. The minimum Gasteiger partial charge on any atom is -0.550 e. The fourth-order valence-corrected chi connectivity index (χ4v) is 4.41. The maximum Gasteiger partial charge on any atom is 0.407 e. The second-order valence-corrected chi connectivity index (χ2v) is 9.78. The highest BCUT2D eigenvalue weighted by Crippen LogP contribution is 2.46. The Hall–Kier alpha value is -2.01. The molecule has 1 amide bonds. The molecule has 28 heavy (non-hydrogen) atoms. The lowest BCUT2D eigenvalue weighted by Crippen LogP contribution is -2.49. The number of carboxylic acid groups (broad SMARTS) is 1. The number of nitrogens with one attached hydrogen (secondary N) is 1. The van der Waals surface area contributed by atoms with Crippen LogP contribution in [0.4, 0.5) is 4.79 Å². The summed E-state index contributed by atoms with van der Waals surface area (Å²) < 4.78 is 10.9. The van der Waals surface area contributed by atoms with Crippen molar-refractivity contribution in [3.8, 4) is 6.26 Å². The largest absolute Gasteiger partial charge is 0.550 e. The van der Waals surface area contributed by atoms with Gasteiger partial charge in [-0.1, -0.05) is 20.8 Å². The van der Waals surface area contributed by atoms with E-state index < -0.39 is 12.1 Å². The van der Waals surface area contributed by atoms with Crippen LogP contribution in [0.15, 0.2) is 0 Å². The van der Waals surface area contributed by atoms with E-state index >= 15 is 0 Å². The molecular weight excluding hydrogens is 362 g/mol. The summed E-state index contributed by atoms with van der Waals surface area (Å²) in [6.45, 7) is 8.27. The number of aliphatic carboxylic acids is 1. The number of hydrogen-bond donors (Lipinski definition) is 1. The first-order chi connectivity index (χ1) is 12.9. The van der Waals surface area contributed by atoms with E-state index in [1.54, 1.807) is 6.26 Å². The van der Waals surface area contributed by atoms with Gasteiger partial charge in [0.2, 0.25) is 0 Å². The molecule has 0 saturated heterocycles. The lowest BCUT2D eigenvalue weighted by molar-refractivity contribution is -0.890. The van der Waals surface area contributed by atoms with E-state index in [-0.39, 0.29) is 29.9 Å². The van der Waals surface area contributed by atoms with Crippen LogP contribution < -0.4 is 10.4 Å². The average molecular weight is 398 g/mol. The number of carbonyl (C=O) groups excluding carboxylic acids is 2. The minimum atomic E-state index is -1.04. The van der Waals surface area contributed by atoms with Crippen molar-refractivity contribution in [1.82, 2.24) is 5.32 Å². The second kappa shape index (κ2) is 9.97. The summed E-state index contributed by atoms with van der Waals surface area (Å²) in [6.07, 6.45) is 4.36. The molecule has 1 rings (SSSR count). The summed E-state index contributed by atoms with van der Waals surface area (Å²) in [5.41, 5.74) is -0.144.